The van der Waals surface area contributed by atoms with Crippen LogP contribution in [-0.4, -0.2) is 32.4 Å². The number of thioether (sulfide) groups is 1. The summed E-state index contributed by atoms with van der Waals surface area (Å²) in [6.45, 7) is 2.69. The highest BCUT2D eigenvalue weighted by Gasteiger charge is 2.20. The van der Waals surface area contributed by atoms with Gasteiger partial charge in [0, 0.05) is 37.5 Å². The number of para-hydroxylation sites is 1. The molecule has 4 aromatic rings. The Labute approximate surface area is 176 Å². The zero-order chi connectivity index (χ0) is 20.5. The lowest BCUT2D eigenvalue weighted by atomic mass is 10.0. The minimum atomic E-state index is -0.277. The van der Waals surface area contributed by atoms with Gasteiger partial charge in [-0.15, -0.1) is 0 Å². The van der Waals surface area contributed by atoms with Crippen LogP contribution in [0.1, 0.15) is 5.56 Å². The molecule has 0 saturated carbocycles. The third kappa shape index (κ3) is 3.76. The van der Waals surface area contributed by atoms with Gasteiger partial charge in [-0.1, -0.05) is 42.1 Å². The van der Waals surface area contributed by atoms with Crippen molar-refractivity contribution in [2.24, 2.45) is 5.92 Å². The summed E-state index contributed by atoms with van der Waals surface area (Å²) in [7, 11) is 0. The number of aromatic nitrogens is 4. The van der Waals surface area contributed by atoms with Crippen LogP contribution in [0.2, 0.25) is 0 Å². The Morgan fingerprint density at radius 1 is 1.13 bits per heavy atom. The van der Waals surface area contributed by atoms with Gasteiger partial charge in [-0.2, -0.15) is 5.10 Å². The maximum atomic E-state index is 13.6. The highest BCUT2D eigenvalue weighted by Crippen LogP contribution is 2.24. The van der Waals surface area contributed by atoms with E-state index >= 15 is 0 Å². The largest absolute Gasteiger partial charge is 0.316 e. The van der Waals surface area contributed by atoms with E-state index < -0.39 is 0 Å². The number of fused-ring (bicyclic) bond motifs is 1. The van der Waals surface area contributed by atoms with Crippen molar-refractivity contribution in [3.8, 4) is 5.69 Å². The number of nitrogens with one attached hydrogen (secondary N) is 1. The second-order valence-electron chi connectivity index (χ2n) is 7.40. The number of nitrogens with zero attached hydrogens (tertiary/aromatic N) is 4. The maximum absolute atomic E-state index is 13.6. The number of halogens is 1. The van der Waals surface area contributed by atoms with Crippen LogP contribution >= 0.6 is 11.8 Å². The standard InChI is InChI=1S/C22H20FN5OS/c23-17-6-4-5-15(9-17)14-30-22-25-20-19(13-27(26-20)12-16-10-24-11-16)21(29)28(22)18-7-2-1-3-8-18/h1-9,13,16,24H,10-12,14H2. The van der Waals surface area contributed by atoms with Crippen molar-refractivity contribution >= 4 is 22.8 Å². The molecule has 1 fully saturated rings. The first-order valence-electron chi connectivity index (χ1n) is 9.81. The molecule has 1 aliphatic heterocycles. The van der Waals surface area contributed by atoms with Gasteiger partial charge >= 0.3 is 0 Å². The lowest BCUT2D eigenvalue weighted by Gasteiger charge is -2.26. The molecule has 6 nitrogen and oxygen atoms in total. The molecular weight excluding hydrogens is 401 g/mol. The Morgan fingerprint density at radius 3 is 2.70 bits per heavy atom. The van der Waals surface area contributed by atoms with Crippen molar-refractivity contribution in [3.05, 3.63) is 82.5 Å². The van der Waals surface area contributed by atoms with Crippen LogP contribution < -0.4 is 10.9 Å². The van der Waals surface area contributed by atoms with Crippen LogP contribution in [-0.2, 0) is 12.3 Å². The normalized spacial score (nSPS) is 14.2. The Bertz CT molecular complexity index is 1250. The lowest BCUT2D eigenvalue weighted by molar-refractivity contribution is 0.296. The molecule has 0 spiro atoms. The van der Waals surface area contributed by atoms with Gasteiger partial charge in [-0.05, 0) is 29.8 Å². The van der Waals surface area contributed by atoms with Crippen molar-refractivity contribution in [3.63, 3.8) is 0 Å². The summed E-state index contributed by atoms with van der Waals surface area (Å²) in [5, 5.41) is 8.84. The lowest BCUT2D eigenvalue weighted by Crippen LogP contribution is -2.44. The summed E-state index contributed by atoms with van der Waals surface area (Å²) < 4.78 is 17.0. The fourth-order valence-corrected chi connectivity index (χ4v) is 4.45. The summed E-state index contributed by atoms with van der Waals surface area (Å²) in [4.78, 5) is 18.1. The minimum absolute atomic E-state index is 0.147. The summed E-state index contributed by atoms with van der Waals surface area (Å²) >= 11 is 1.40. The molecule has 3 heterocycles. The Hall–Kier alpha value is -2.97. The molecule has 0 aliphatic carbocycles. The topological polar surface area (TPSA) is 64.7 Å². The van der Waals surface area contributed by atoms with E-state index in [9.17, 15) is 9.18 Å². The zero-order valence-electron chi connectivity index (χ0n) is 16.2. The van der Waals surface area contributed by atoms with Crippen LogP contribution in [0.25, 0.3) is 16.7 Å². The molecular formula is C22H20FN5OS. The van der Waals surface area contributed by atoms with E-state index in [0.717, 1.165) is 30.9 Å². The van der Waals surface area contributed by atoms with Crippen molar-refractivity contribution in [1.29, 1.82) is 0 Å². The molecule has 0 unspecified atom stereocenters. The van der Waals surface area contributed by atoms with E-state index in [4.69, 9.17) is 4.98 Å². The fourth-order valence-electron chi connectivity index (χ4n) is 3.50. The molecule has 1 saturated heterocycles. The quantitative estimate of drug-likeness (QED) is 0.383. The smallest absolute Gasteiger partial charge is 0.269 e. The molecule has 30 heavy (non-hydrogen) atoms. The molecule has 0 bridgehead atoms. The van der Waals surface area contributed by atoms with E-state index in [2.05, 4.69) is 10.4 Å². The highest BCUT2D eigenvalue weighted by molar-refractivity contribution is 7.98. The van der Waals surface area contributed by atoms with Crippen molar-refractivity contribution in [2.45, 2.75) is 17.5 Å². The van der Waals surface area contributed by atoms with Crippen LogP contribution in [0.5, 0.6) is 0 Å². The molecule has 8 heteroatoms. The summed E-state index contributed by atoms with van der Waals surface area (Å²) in [5.41, 5.74) is 1.87. The fraction of sp³-hybridized carbons (Fsp3) is 0.227. The SMILES string of the molecule is O=c1c2cn(CC3CNC3)nc2nc(SCc2cccc(F)c2)n1-c1ccccc1. The van der Waals surface area contributed by atoms with Crippen LogP contribution in [0, 0.1) is 11.7 Å². The number of hydrogen-bond acceptors (Lipinski definition) is 5. The van der Waals surface area contributed by atoms with Crippen LogP contribution in [0.15, 0.2) is 70.7 Å². The molecule has 1 N–H and O–H groups in total. The van der Waals surface area contributed by atoms with Gasteiger partial charge < -0.3 is 5.32 Å². The average Bonchev–Trinajstić information content (AvgIpc) is 3.13. The molecule has 0 radical (unpaired) electrons. The van der Waals surface area contributed by atoms with Gasteiger partial charge in [-0.3, -0.25) is 14.0 Å². The highest BCUT2D eigenvalue weighted by atomic mass is 32.2. The summed E-state index contributed by atoms with van der Waals surface area (Å²) in [5.74, 6) is 0.746. The molecule has 0 amide bonds. The van der Waals surface area contributed by atoms with E-state index in [-0.39, 0.29) is 11.4 Å². The van der Waals surface area contributed by atoms with E-state index in [1.807, 2.05) is 41.1 Å². The summed E-state index contributed by atoms with van der Waals surface area (Å²) in [6, 6.07) is 15.9. The van der Waals surface area contributed by atoms with E-state index in [1.165, 1.54) is 23.9 Å². The second-order valence-corrected chi connectivity index (χ2v) is 8.34. The van der Waals surface area contributed by atoms with Gasteiger partial charge in [0.25, 0.3) is 5.56 Å². The molecule has 1 aliphatic rings. The van der Waals surface area contributed by atoms with Crippen LogP contribution in [0.3, 0.4) is 0 Å². The molecule has 152 valence electrons. The third-order valence-electron chi connectivity index (χ3n) is 5.15. The Kier molecular flexibility index (Phi) is 5.10. The number of rotatable bonds is 6. The average molecular weight is 422 g/mol. The van der Waals surface area contributed by atoms with E-state index in [1.54, 1.807) is 16.8 Å². The van der Waals surface area contributed by atoms with Gasteiger partial charge in [0.15, 0.2) is 10.8 Å². The zero-order valence-corrected chi connectivity index (χ0v) is 17.0. The number of benzene rings is 2. The molecule has 5 rings (SSSR count). The first-order valence-corrected chi connectivity index (χ1v) is 10.8. The molecule has 2 aromatic heterocycles. The van der Waals surface area contributed by atoms with Gasteiger partial charge in [0.1, 0.15) is 11.2 Å². The summed E-state index contributed by atoms with van der Waals surface area (Å²) in [6.07, 6.45) is 1.80. The predicted octanol–water partition coefficient (Wildman–Crippen LogP) is 3.23. The third-order valence-corrected chi connectivity index (χ3v) is 6.16. The van der Waals surface area contributed by atoms with E-state index in [0.29, 0.717) is 27.9 Å². The predicted molar refractivity (Wildman–Crippen MR) is 115 cm³/mol. The first-order chi connectivity index (χ1) is 14.7. The second kappa shape index (κ2) is 8.04. The maximum Gasteiger partial charge on any atom is 0.269 e. The number of hydrogen-bond donors (Lipinski definition) is 1. The monoisotopic (exact) mass is 421 g/mol. The van der Waals surface area contributed by atoms with Crippen molar-refractivity contribution < 1.29 is 4.39 Å². The van der Waals surface area contributed by atoms with Gasteiger partial charge in [0.2, 0.25) is 0 Å². The Morgan fingerprint density at radius 2 is 1.97 bits per heavy atom. The van der Waals surface area contributed by atoms with Crippen molar-refractivity contribution in [1.82, 2.24) is 24.6 Å². The Balaban J connectivity index is 1.56. The van der Waals surface area contributed by atoms with Crippen LogP contribution in [0.4, 0.5) is 4.39 Å². The first kappa shape index (κ1) is 19.0. The van der Waals surface area contributed by atoms with Crippen molar-refractivity contribution in [2.75, 3.05) is 13.1 Å². The van der Waals surface area contributed by atoms with Gasteiger partial charge in [-0.25, -0.2) is 9.37 Å². The van der Waals surface area contributed by atoms with Gasteiger partial charge in [0.05, 0.1) is 5.69 Å². The minimum Gasteiger partial charge on any atom is -0.316 e. The molecule has 0 atom stereocenters. The molecule has 2 aromatic carbocycles.